The molecule has 2 aliphatic rings. The number of nitrogens with one attached hydrogen (secondary N) is 2. The Morgan fingerprint density at radius 1 is 0.931 bits per heavy atom. The molecule has 0 aliphatic carbocycles. The minimum atomic E-state index is -0.431. The van der Waals surface area contributed by atoms with E-state index in [1.807, 2.05) is 0 Å². The van der Waals surface area contributed by atoms with Crippen molar-refractivity contribution in [3.05, 3.63) is 42.1 Å². The van der Waals surface area contributed by atoms with Crippen molar-refractivity contribution in [1.29, 1.82) is 0 Å². The number of hydrogen-bond acceptors (Lipinski definition) is 7. The Kier molecular flexibility index (Phi) is 5.41. The van der Waals surface area contributed by atoms with Crippen LogP contribution in [0.4, 0.5) is 17.2 Å². The Morgan fingerprint density at radius 3 is 2.10 bits per heavy atom. The van der Waals surface area contributed by atoms with Crippen LogP contribution in [0.25, 0.3) is 0 Å². The molecule has 9 heteroatoms. The highest BCUT2D eigenvalue weighted by Crippen LogP contribution is 2.32. The van der Waals surface area contributed by atoms with E-state index in [0.29, 0.717) is 24.6 Å². The normalized spacial score (nSPS) is 17.9. The minimum absolute atomic E-state index is 0.149. The second kappa shape index (κ2) is 8.14. The molecular weight excluding hydrogens is 374 g/mol. The number of ether oxygens (including phenoxy) is 2. The molecule has 0 unspecified atom stereocenters. The standard InChI is InChI=1S/C20H23N5O4/c1-14(26)21-15-2-4-16(5-3-15)22-19(27)17-6-7-18(24-23-17)25-10-8-20(9-11-25)28-12-13-29-20/h2-7H,8-13H2,1H3,(H,21,26)(H,22,27). The molecule has 152 valence electrons. The topological polar surface area (TPSA) is 106 Å². The quantitative estimate of drug-likeness (QED) is 0.813. The van der Waals surface area contributed by atoms with Gasteiger partial charge in [-0.05, 0) is 36.4 Å². The summed E-state index contributed by atoms with van der Waals surface area (Å²) in [6, 6.07) is 10.3. The fourth-order valence-corrected chi connectivity index (χ4v) is 3.51. The zero-order valence-corrected chi connectivity index (χ0v) is 16.2. The number of anilines is 3. The highest BCUT2D eigenvalue weighted by Gasteiger charge is 2.40. The van der Waals surface area contributed by atoms with Crippen molar-refractivity contribution >= 4 is 29.0 Å². The van der Waals surface area contributed by atoms with Gasteiger partial charge < -0.3 is 25.0 Å². The molecule has 4 rings (SSSR count). The Morgan fingerprint density at radius 2 is 1.55 bits per heavy atom. The van der Waals surface area contributed by atoms with Crippen LogP contribution in [0.1, 0.15) is 30.3 Å². The predicted octanol–water partition coefficient (Wildman–Crippen LogP) is 2.03. The smallest absolute Gasteiger partial charge is 0.276 e. The van der Waals surface area contributed by atoms with E-state index in [2.05, 4.69) is 25.7 Å². The van der Waals surface area contributed by atoms with Crippen molar-refractivity contribution < 1.29 is 19.1 Å². The van der Waals surface area contributed by atoms with Crippen molar-refractivity contribution in [2.75, 3.05) is 41.8 Å². The maximum atomic E-state index is 12.4. The molecule has 3 heterocycles. The molecule has 0 bridgehead atoms. The molecule has 0 atom stereocenters. The van der Waals surface area contributed by atoms with Crippen LogP contribution in [0, 0.1) is 0 Å². The lowest BCUT2D eigenvalue weighted by Gasteiger charge is -2.37. The maximum Gasteiger partial charge on any atom is 0.276 e. The van der Waals surface area contributed by atoms with Crippen LogP contribution in [0.15, 0.2) is 36.4 Å². The summed E-state index contributed by atoms with van der Waals surface area (Å²) in [4.78, 5) is 25.6. The van der Waals surface area contributed by atoms with E-state index in [4.69, 9.17) is 9.47 Å². The van der Waals surface area contributed by atoms with Crippen molar-refractivity contribution in [2.45, 2.75) is 25.6 Å². The van der Waals surface area contributed by atoms with Gasteiger partial charge in [0, 0.05) is 44.2 Å². The van der Waals surface area contributed by atoms with Crippen molar-refractivity contribution in [2.24, 2.45) is 0 Å². The van der Waals surface area contributed by atoms with E-state index in [-0.39, 0.29) is 17.5 Å². The number of hydrogen-bond donors (Lipinski definition) is 2. The van der Waals surface area contributed by atoms with Crippen LogP contribution < -0.4 is 15.5 Å². The van der Waals surface area contributed by atoms with E-state index in [0.717, 1.165) is 31.7 Å². The molecule has 1 spiro atoms. The fraction of sp³-hybridized carbons (Fsp3) is 0.400. The van der Waals surface area contributed by atoms with Gasteiger partial charge >= 0.3 is 0 Å². The Balaban J connectivity index is 1.34. The molecule has 9 nitrogen and oxygen atoms in total. The van der Waals surface area contributed by atoms with Crippen LogP contribution in [-0.2, 0) is 14.3 Å². The number of nitrogens with zero attached hydrogens (tertiary/aromatic N) is 3. The van der Waals surface area contributed by atoms with E-state index < -0.39 is 5.79 Å². The Labute approximate surface area is 168 Å². The third-order valence-electron chi connectivity index (χ3n) is 5.01. The molecule has 2 saturated heterocycles. The molecular formula is C20H23N5O4. The number of aromatic nitrogens is 2. The molecule has 0 saturated carbocycles. The lowest BCUT2D eigenvalue weighted by atomic mass is 10.0. The van der Waals surface area contributed by atoms with Crippen LogP contribution >= 0.6 is 0 Å². The van der Waals surface area contributed by atoms with Gasteiger partial charge in [-0.25, -0.2) is 0 Å². The number of rotatable bonds is 4. The minimum Gasteiger partial charge on any atom is -0.355 e. The molecule has 0 radical (unpaired) electrons. The average Bonchev–Trinajstić information content (AvgIpc) is 3.18. The first kappa shape index (κ1) is 19.3. The van der Waals surface area contributed by atoms with Crippen LogP contribution in [0.3, 0.4) is 0 Å². The summed E-state index contributed by atoms with van der Waals surface area (Å²) >= 11 is 0. The first-order valence-corrected chi connectivity index (χ1v) is 9.59. The van der Waals surface area contributed by atoms with Crippen molar-refractivity contribution in [3.8, 4) is 0 Å². The third-order valence-corrected chi connectivity index (χ3v) is 5.01. The molecule has 1 aromatic heterocycles. The van der Waals surface area contributed by atoms with Gasteiger partial charge in [0.05, 0.1) is 13.2 Å². The summed E-state index contributed by atoms with van der Waals surface area (Å²) in [5.41, 5.74) is 1.50. The first-order chi connectivity index (χ1) is 14.0. The summed E-state index contributed by atoms with van der Waals surface area (Å²) in [5, 5.41) is 13.7. The number of piperidine rings is 1. The van der Waals surface area contributed by atoms with Gasteiger partial charge in [-0.1, -0.05) is 0 Å². The van der Waals surface area contributed by atoms with Crippen LogP contribution in [0.5, 0.6) is 0 Å². The van der Waals surface area contributed by atoms with Gasteiger partial charge in [-0.2, -0.15) is 0 Å². The number of amides is 2. The fourth-order valence-electron chi connectivity index (χ4n) is 3.51. The average molecular weight is 397 g/mol. The zero-order valence-electron chi connectivity index (χ0n) is 16.2. The Hall–Kier alpha value is -3.04. The van der Waals surface area contributed by atoms with Gasteiger partial charge in [-0.3, -0.25) is 9.59 Å². The lowest BCUT2D eigenvalue weighted by molar-refractivity contribution is -0.169. The first-order valence-electron chi connectivity index (χ1n) is 9.59. The summed E-state index contributed by atoms with van der Waals surface area (Å²) < 4.78 is 11.5. The number of carbonyl (C=O) groups excluding carboxylic acids is 2. The molecule has 29 heavy (non-hydrogen) atoms. The summed E-state index contributed by atoms with van der Waals surface area (Å²) in [6.07, 6.45) is 1.57. The van der Waals surface area contributed by atoms with E-state index in [1.165, 1.54) is 6.92 Å². The van der Waals surface area contributed by atoms with E-state index in [9.17, 15) is 9.59 Å². The number of benzene rings is 1. The SMILES string of the molecule is CC(=O)Nc1ccc(NC(=O)c2ccc(N3CCC4(CC3)OCCO4)nn2)cc1. The summed E-state index contributed by atoms with van der Waals surface area (Å²) in [6.45, 7) is 4.27. The molecule has 2 aliphatic heterocycles. The number of carbonyl (C=O) groups is 2. The van der Waals surface area contributed by atoms with Crippen molar-refractivity contribution in [3.63, 3.8) is 0 Å². The van der Waals surface area contributed by atoms with Gasteiger partial charge in [0.2, 0.25) is 5.91 Å². The molecule has 2 amide bonds. The largest absolute Gasteiger partial charge is 0.355 e. The molecule has 2 N–H and O–H groups in total. The second-order valence-corrected chi connectivity index (χ2v) is 7.08. The summed E-state index contributed by atoms with van der Waals surface area (Å²) in [5.74, 6) is -0.195. The lowest BCUT2D eigenvalue weighted by Crippen LogP contribution is -2.45. The molecule has 1 aromatic carbocycles. The van der Waals surface area contributed by atoms with Gasteiger partial charge in [-0.15, -0.1) is 10.2 Å². The van der Waals surface area contributed by atoms with E-state index in [1.54, 1.807) is 36.4 Å². The highest BCUT2D eigenvalue weighted by molar-refractivity contribution is 6.03. The van der Waals surface area contributed by atoms with E-state index >= 15 is 0 Å². The monoisotopic (exact) mass is 397 g/mol. The van der Waals surface area contributed by atoms with Gasteiger partial charge in [0.25, 0.3) is 5.91 Å². The van der Waals surface area contributed by atoms with Crippen molar-refractivity contribution in [1.82, 2.24) is 10.2 Å². The summed E-state index contributed by atoms with van der Waals surface area (Å²) in [7, 11) is 0. The van der Waals surface area contributed by atoms with Gasteiger partial charge in [0.15, 0.2) is 17.3 Å². The molecule has 2 fully saturated rings. The van der Waals surface area contributed by atoms with Crippen LogP contribution in [-0.4, -0.2) is 54.1 Å². The zero-order chi connectivity index (χ0) is 20.3. The second-order valence-electron chi connectivity index (χ2n) is 7.08. The molecule has 2 aromatic rings. The van der Waals surface area contributed by atoms with Gasteiger partial charge in [0.1, 0.15) is 0 Å². The van der Waals surface area contributed by atoms with Crippen LogP contribution in [0.2, 0.25) is 0 Å². The Bertz CT molecular complexity index is 869. The maximum absolute atomic E-state index is 12.4. The predicted molar refractivity (Wildman–Crippen MR) is 107 cm³/mol. The third kappa shape index (κ3) is 4.52. The highest BCUT2D eigenvalue weighted by atomic mass is 16.7.